The third kappa shape index (κ3) is 2.65. The molecule has 0 aliphatic carbocycles. The molecule has 0 spiro atoms. The van der Waals surface area contributed by atoms with Crippen molar-refractivity contribution in [1.29, 1.82) is 0 Å². The van der Waals surface area contributed by atoms with Gasteiger partial charge in [-0.2, -0.15) is 0 Å². The number of hydrogen-bond acceptors (Lipinski definition) is 4. The molecule has 0 fully saturated rings. The predicted molar refractivity (Wildman–Crippen MR) is 57.2 cm³/mol. The van der Waals surface area contributed by atoms with Gasteiger partial charge in [-0.3, -0.25) is 0 Å². The molecule has 0 saturated carbocycles. The molecule has 0 aliphatic rings. The van der Waals surface area contributed by atoms with Crippen molar-refractivity contribution >= 4 is 5.97 Å². The second kappa shape index (κ2) is 5.63. The molecule has 6 nitrogen and oxygen atoms in total. The van der Waals surface area contributed by atoms with Crippen LogP contribution in [-0.4, -0.2) is 20.2 Å². The second-order valence-corrected chi connectivity index (χ2v) is 2.92. The third-order valence-corrected chi connectivity index (χ3v) is 1.99. The van der Waals surface area contributed by atoms with Crippen LogP contribution >= 0.6 is 0 Å². The van der Waals surface area contributed by atoms with Gasteiger partial charge in [0, 0.05) is 4.91 Å². The van der Waals surface area contributed by atoms with Gasteiger partial charge in [0.05, 0.1) is 20.8 Å². The van der Waals surface area contributed by atoms with Crippen LogP contribution in [0.4, 0.5) is 0 Å². The second-order valence-electron chi connectivity index (χ2n) is 2.92. The minimum absolute atomic E-state index is 0.217. The summed E-state index contributed by atoms with van der Waals surface area (Å²) in [6.45, 7) is 0.217. The van der Waals surface area contributed by atoms with Crippen LogP contribution < -0.4 is 4.74 Å². The fraction of sp³-hybridized carbons (Fsp3) is 0.300. The van der Waals surface area contributed by atoms with E-state index < -0.39 is 5.97 Å². The van der Waals surface area contributed by atoms with E-state index in [0.29, 0.717) is 11.3 Å². The standard InChI is InChI=1S/C10H11N3O3/c1-15-9-5-7(6-12-13-11)3-4-8(9)10(14)16-2/h3-5H,6H2,1-2H3. The average molecular weight is 221 g/mol. The number of benzene rings is 1. The maximum Gasteiger partial charge on any atom is 0.341 e. The molecule has 84 valence electrons. The Labute approximate surface area is 92.4 Å². The summed E-state index contributed by atoms with van der Waals surface area (Å²) in [6.07, 6.45) is 0. The van der Waals surface area contributed by atoms with Gasteiger partial charge in [-0.1, -0.05) is 11.2 Å². The lowest BCUT2D eigenvalue weighted by atomic mass is 10.1. The number of carbonyl (C=O) groups is 1. The van der Waals surface area contributed by atoms with E-state index in [4.69, 9.17) is 10.3 Å². The number of azide groups is 1. The molecule has 0 saturated heterocycles. The Balaban J connectivity index is 3.06. The number of carbonyl (C=O) groups excluding carboxylic acids is 1. The number of ether oxygens (including phenoxy) is 2. The first-order valence-corrected chi connectivity index (χ1v) is 4.49. The van der Waals surface area contributed by atoms with Crippen LogP contribution in [0, 0.1) is 0 Å². The van der Waals surface area contributed by atoms with E-state index in [2.05, 4.69) is 14.8 Å². The van der Waals surface area contributed by atoms with E-state index in [1.807, 2.05) is 0 Å². The monoisotopic (exact) mass is 221 g/mol. The number of rotatable bonds is 4. The molecule has 0 bridgehead atoms. The van der Waals surface area contributed by atoms with Gasteiger partial charge in [0.25, 0.3) is 0 Å². The topological polar surface area (TPSA) is 84.3 Å². The van der Waals surface area contributed by atoms with Gasteiger partial charge in [0.1, 0.15) is 11.3 Å². The van der Waals surface area contributed by atoms with Crippen LogP contribution in [0.3, 0.4) is 0 Å². The molecule has 0 radical (unpaired) electrons. The van der Waals surface area contributed by atoms with Crippen molar-refractivity contribution in [2.24, 2.45) is 5.11 Å². The zero-order valence-electron chi connectivity index (χ0n) is 9.01. The molecule has 0 amide bonds. The van der Waals surface area contributed by atoms with Crippen molar-refractivity contribution in [3.63, 3.8) is 0 Å². The molecule has 16 heavy (non-hydrogen) atoms. The zero-order valence-corrected chi connectivity index (χ0v) is 9.01. The number of hydrogen-bond donors (Lipinski definition) is 0. The number of nitrogens with zero attached hydrogens (tertiary/aromatic N) is 3. The van der Waals surface area contributed by atoms with E-state index in [9.17, 15) is 4.79 Å². The minimum Gasteiger partial charge on any atom is -0.496 e. The molecule has 0 aliphatic heterocycles. The lowest BCUT2D eigenvalue weighted by Crippen LogP contribution is -2.04. The van der Waals surface area contributed by atoms with Crippen molar-refractivity contribution in [3.8, 4) is 5.75 Å². The summed E-state index contributed by atoms with van der Waals surface area (Å²) < 4.78 is 9.65. The number of methoxy groups -OCH3 is 2. The number of esters is 1. The van der Waals surface area contributed by atoms with Gasteiger partial charge < -0.3 is 9.47 Å². The van der Waals surface area contributed by atoms with E-state index in [1.54, 1.807) is 18.2 Å². The smallest absolute Gasteiger partial charge is 0.341 e. The van der Waals surface area contributed by atoms with Crippen molar-refractivity contribution in [3.05, 3.63) is 39.8 Å². The fourth-order valence-electron chi connectivity index (χ4n) is 1.23. The summed E-state index contributed by atoms with van der Waals surface area (Å²) >= 11 is 0. The Morgan fingerprint density at radius 2 is 2.25 bits per heavy atom. The highest BCUT2D eigenvalue weighted by molar-refractivity contribution is 5.92. The quantitative estimate of drug-likeness (QED) is 0.338. The van der Waals surface area contributed by atoms with E-state index in [-0.39, 0.29) is 6.54 Å². The molecule has 1 aromatic carbocycles. The van der Waals surface area contributed by atoms with Gasteiger partial charge in [0.15, 0.2) is 0 Å². The first kappa shape index (κ1) is 11.9. The minimum atomic E-state index is -0.466. The van der Waals surface area contributed by atoms with Crippen molar-refractivity contribution in [2.75, 3.05) is 14.2 Å². The lowest BCUT2D eigenvalue weighted by Gasteiger charge is -2.07. The van der Waals surface area contributed by atoms with Crippen LogP contribution in [0.2, 0.25) is 0 Å². The highest BCUT2D eigenvalue weighted by atomic mass is 16.5. The van der Waals surface area contributed by atoms with Crippen molar-refractivity contribution in [2.45, 2.75) is 6.54 Å². The third-order valence-electron chi connectivity index (χ3n) is 1.99. The largest absolute Gasteiger partial charge is 0.496 e. The van der Waals surface area contributed by atoms with Crippen LogP contribution in [0.1, 0.15) is 15.9 Å². The summed E-state index contributed by atoms with van der Waals surface area (Å²) in [5, 5.41) is 3.42. The molecular formula is C10H11N3O3. The molecule has 1 rings (SSSR count). The van der Waals surface area contributed by atoms with E-state index >= 15 is 0 Å². The van der Waals surface area contributed by atoms with Gasteiger partial charge in [-0.25, -0.2) is 4.79 Å². The first-order valence-electron chi connectivity index (χ1n) is 4.49. The summed E-state index contributed by atoms with van der Waals surface area (Å²) in [5.74, 6) is -0.0651. The summed E-state index contributed by atoms with van der Waals surface area (Å²) in [4.78, 5) is 14.0. The Morgan fingerprint density at radius 3 is 2.81 bits per heavy atom. The van der Waals surface area contributed by atoms with E-state index in [0.717, 1.165) is 5.56 Å². The SMILES string of the molecule is COC(=O)c1ccc(CN=[N+]=[N-])cc1OC. The Kier molecular flexibility index (Phi) is 4.17. The van der Waals surface area contributed by atoms with Gasteiger partial charge >= 0.3 is 5.97 Å². The van der Waals surface area contributed by atoms with Gasteiger partial charge in [0.2, 0.25) is 0 Å². The Bertz CT molecular complexity index is 439. The van der Waals surface area contributed by atoms with Crippen LogP contribution in [0.5, 0.6) is 5.75 Å². The lowest BCUT2D eigenvalue weighted by molar-refractivity contribution is 0.0597. The first-order chi connectivity index (χ1) is 7.72. The predicted octanol–water partition coefficient (Wildman–Crippen LogP) is 2.29. The Hall–Kier alpha value is -2.20. The van der Waals surface area contributed by atoms with Crippen LogP contribution in [0.15, 0.2) is 23.3 Å². The van der Waals surface area contributed by atoms with Crippen molar-refractivity contribution in [1.82, 2.24) is 0 Å². The highest BCUT2D eigenvalue weighted by Gasteiger charge is 2.12. The molecule has 6 heteroatoms. The summed E-state index contributed by atoms with van der Waals surface area (Å²) in [6, 6.07) is 4.90. The maximum absolute atomic E-state index is 11.3. The van der Waals surface area contributed by atoms with Crippen molar-refractivity contribution < 1.29 is 14.3 Å². The Morgan fingerprint density at radius 1 is 1.50 bits per heavy atom. The van der Waals surface area contributed by atoms with E-state index in [1.165, 1.54) is 14.2 Å². The zero-order chi connectivity index (χ0) is 12.0. The molecule has 0 N–H and O–H groups in total. The molecule has 0 unspecified atom stereocenters. The highest BCUT2D eigenvalue weighted by Crippen LogP contribution is 2.21. The van der Waals surface area contributed by atoms with Crippen LogP contribution in [0.25, 0.3) is 10.4 Å². The fourth-order valence-corrected chi connectivity index (χ4v) is 1.23. The molecule has 0 atom stereocenters. The molecule has 0 heterocycles. The van der Waals surface area contributed by atoms with Crippen LogP contribution in [-0.2, 0) is 11.3 Å². The molecule has 0 aromatic heterocycles. The average Bonchev–Trinajstić information content (AvgIpc) is 2.34. The molecular weight excluding hydrogens is 210 g/mol. The summed E-state index contributed by atoms with van der Waals surface area (Å²) in [7, 11) is 2.76. The van der Waals surface area contributed by atoms with Gasteiger partial charge in [-0.15, -0.1) is 0 Å². The molecule has 1 aromatic rings. The van der Waals surface area contributed by atoms with Gasteiger partial charge in [-0.05, 0) is 23.2 Å². The normalized spacial score (nSPS) is 9.12. The maximum atomic E-state index is 11.3. The summed E-state index contributed by atoms with van der Waals surface area (Å²) in [5.41, 5.74) is 9.30.